The van der Waals surface area contributed by atoms with Crippen molar-refractivity contribution >= 4 is 21.6 Å². The van der Waals surface area contributed by atoms with Gasteiger partial charge in [0, 0.05) is 13.0 Å². The quantitative estimate of drug-likeness (QED) is 0.442. The molecule has 13 heavy (non-hydrogen) atoms. The minimum atomic E-state index is -0.170. The predicted octanol–water partition coefficient (Wildman–Crippen LogP) is -0.823. The minimum absolute atomic E-state index is 0. The Kier molecular flexibility index (Phi) is 3.23. The van der Waals surface area contributed by atoms with Gasteiger partial charge in [0.2, 0.25) is 10.5 Å². The molecule has 1 nitrogen and oxygen atoms in total. The van der Waals surface area contributed by atoms with Crippen molar-refractivity contribution < 1.29 is 32.9 Å². The Morgan fingerprint density at radius 2 is 2.08 bits per heavy atom. The number of halogens is 2. The molecule has 0 bridgehead atoms. The van der Waals surface area contributed by atoms with Crippen molar-refractivity contribution in [2.24, 2.45) is 7.05 Å². The van der Waals surface area contributed by atoms with E-state index in [4.69, 9.17) is 0 Å². The number of thiazole rings is 1. The van der Waals surface area contributed by atoms with E-state index in [2.05, 4.69) is 0 Å². The van der Waals surface area contributed by atoms with Crippen molar-refractivity contribution in [2.45, 2.75) is 6.92 Å². The Balaban J connectivity index is 0.000000845. The highest BCUT2D eigenvalue weighted by atomic mass is 127. The van der Waals surface area contributed by atoms with E-state index in [1.54, 1.807) is 17.4 Å². The van der Waals surface area contributed by atoms with Gasteiger partial charge in [0.1, 0.15) is 17.6 Å². The largest absolute Gasteiger partial charge is 1.00 e. The molecule has 0 aliphatic carbocycles. The molecule has 1 heterocycles. The first-order valence-corrected chi connectivity index (χ1v) is 4.55. The van der Waals surface area contributed by atoms with Crippen LogP contribution >= 0.6 is 11.3 Å². The highest BCUT2D eigenvalue weighted by Gasteiger charge is 2.12. The molecular weight excluding hydrogens is 300 g/mol. The Hall–Kier alpha value is -0.230. The smallest absolute Gasteiger partial charge is 0.234 e. The lowest BCUT2D eigenvalue weighted by Crippen LogP contribution is -3.00. The van der Waals surface area contributed by atoms with Gasteiger partial charge >= 0.3 is 0 Å². The number of aryl methyl sites for hydroxylation is 2. The second-order valence-corrected chi connectivity index (χ2v) is 4.03. The van der Waals surface area contributed by atoms with Crippen LogP contribution in [-0.4, -0.2) is 0 Å². The molecule has 70 valence electrons. The molecule has 0 atom stereocenters. The zero-order valence-electron chi connectivity index (χ0n) is 7.34. The average Bonchev–Trinajstić information content (AvgIpc) is 2.31. The van der Waals surface area contributed by atoms with Crippen LogP contribution in [0.5, 0.6) is 0 Å². The number of nitrogens with zero attached hydrogens (tertiary/aromatic N) is 1. The van der Waals surface area contributed by atoms with Crippen molar-refractivity contribution in [3.05, 3.63) is 29.0 Å². The highest BCUT2D eigenvalue weighted by molar-refractivity contribution is 7.18. The molecule has 0 N–H and O–H groups in total. The number of rotatable bonds is 0. The van der Waals surface area contributed by atoms with Crippen molar-refractivity contribution in [2.75, 3.05) is 0 Å². The Labute approximate surface area is 97.2 Å². The maximum atomic E-state index is 12.8. The van der Waals surface area contributed by atoms with Gasteiger partial charge in [0.25, 0.3) is 0 Å². The first kappa shape index (κ1) is 10.8. The van der Waals surface area contributed by atoms with Crippen LogP contribution < -0.4 is 28.5 Å². The van der Waals surface area contributed by atoms with E-state index < -0.39 is 0 Å². The lowest BCUT2D eigenvalue weighted by atomic mass is 10.3. The van der Waals surface area contributed by atoms with Gasteiger partial charge in [-0.2, -0.15) is 4.57 Å². The summed E-state index contributed by atoms with van der Waals surface area (Å²) < 4.78 is 16.0. The van der Waals surface area contributed by atoms with E-state index in [-0.39, 0.29) is 29.8 Å². The predicted molar refractivity (Wildman–Crippen MR) is 47.7 cm³/mol. The summed E-state index contributed by atoms with van der Waals surface area (Å²) >= 11 is 1.68. The lowest BCUT2D eigenvalue weighted by molar-refractivity contribution is -0.646. The summed E-state index contributed by atoms with van der Waals surface area (Å²) in [6.45, 7) is 2.03. The first-order valence-electron chi connectivity index (χ1n) is 3.73. The number of hydrogen-bond donors (Lipinski definition) is 0. The number of hydrogen-bond acceptors (Lipinski definition) is 1. The standard InChI is InChI=1S/C9H9FNS.HI/c1-6-11(2)8-5-7(10)3-4-9(8)12-6;/h3-5H,1-2H3;1H/q+1;/p-1. The van der Waals surface area contributed by atoms with Crippen LogP contribution in [-0.2, 0) is 7.05 Å². The molecule has 2 rings (SSSR count). The number of benzene rings is 1. The van der Waals surface area contributed by atoms with Gasteiger partial charge in [0.05, 0.1) is 0 Å². The van der Waals surface area contributed by atoms with Crippen LogP contribution in [0.15, 0.2) is 18.2 Å². The van der Waals surface area contributed by atoms with E-state index in [1.165, 1.54) is 11.1 Å². The summed E-state index contributed by atoms with van der Waals surface area (Å²) in [6, 6.07) is 4.89. The van der Waals surface area contributed by atoms with Crippen LogP contribution in [0.1, 0.15) is 5.01 Å². The van der Waals surface area contributed by atoms with E-state index in [9.17, 15) is 4.39 Å². The van der Waals surface area contributed by atoms with Gasteiger partial charge in [0.15, 0.2) is 0 Å². The van der Waals surface area contributed by atoms with E-state index in [0.717, 1.165) is 10.2 Å². The van der Waals surface area contributed by atoms with Gasteiger partial charge in [-0.25, -0.2) is 4.39 Å². The molecule has 0 amide bonds. The molecule has 1 aromatic carbocycles. The molecule has 0 spiro atoms. The highest BCUT2D eigenvalue weighted by Crippen LogP contribution is 2.19. The average molecular weight is 309 g/mol. The van der Waals surface area contributed by atoms with E-state index in [0.29, 0.717) is 0 Å². The summed E-state index contributed by atoms with van der Waals surface area (Å²) in [5.74, 6) is -0.170. The first-order chi connectivity index (χ1) is 5.68. The fourth-order valence-electron chi connectivity index (χ4n) is 1.24. The molecule has 0 saturated heterocycles. The van der Waals surface area contributed by atoms with Crippen molar-refractivity contribution in [1.29, 1.82) is 0 Å². The van der Waals surface area contributed by atoms with Gasteiger partial charge in [-0.3, -0.25) is 0 Å². The van der Waals surface area contributed by atoms with E-state index in [1.807, 2.05) is 24.6 Å². The summed E-state index contributed by atoms with van der Waals surface area (Å²) in [4.78, 5) is 0. The van der Waals surface area contributed by atoms with Crippen molar-refractivity contribution in [3.8, 4) is 0 Å². The van der Waals surface area contributed by atoms with Crippen molar-refractivity contribution in [1.82, 2.24) is 0 Å². The molecule has 0 unspecified atom stereocenters. The molecule has 0 fully saturated rings. The second kappa shape index (κ2) is 3.88. The summed E-state index contributed by atoms with van der Waals surface area (Å²) in [6.07, 6.45) is 0. The van der Waals surface area contributed by atoms with Crippen LogP contribution in [0.3, 0.4) is 0 Å². The van der Waals surface area contributed by atoms with Crippen LogP contribution in [0, 0.1) is 12.7 Å². The SMILES string of the molecule is Cc1sc2ccc(F)cc2[n+]1C.[I-]. The lowest BCUT2D eigenvalue weighted by Gasteiger charge is -1.86. The summed E-state index contributed by atoms with van der Waals surface area (Å²) in [5, 5.41) is 1.19. The van der Waals surface area contributed by atoms with Crippen LogP contribution in [0.25, 0.3) is 10.2 Å². The maximum absolute atomic E-state index is 12.8. The van der Waals surface area contributed by atoms with Gasteiger partial charge in [-0.1, -0.05) is 11.3 Å². The molecular formula is C9H9FINS. The normalized spacial score (nSPS) is 10.1. The monoisotopic (exact) mass is 309 g/mol. The fraction of sp³-hybridized carbons (Fsp3) is 0.222. The summed E-state index contributed by atoms with van der Waals surface area (Å²) in [7, 11) is 1.95. The molecule has 1 aromatic heterocycles. The second-order valence-electron chi connectivity index (χ2n) is 2.79. The third-order valence-electron chi connectivity index (χ3n) is 2.01. The molecule has 0 aliphatic rings. The zero-order chi connectivity index (χ0) is 8.72. The zero-order valence-corrected chi connectivity index (χ0v) is 10.3. The molecule has 2 aromatic rings. The topological polar surface area (TPSA) is 3.88 Å². The van der Waals surface area contributed by atoms with Crippen LogP contribution in [0.4, 0.5) is 4.39 Å². The third-order valence-corrected chi connectivity index (χ3v) is 3.15. The molecule has 0 aliphatic heterocycles. The molecule has 0 radical (unpaired) electrons. The Morgan fingerprint density at radius 1 is 1.38 bits per heavy atom. The van der Waals surface area contributed by atoms with Crippen LogP contribution in [0.2, 0.25) is 0 Å². The minimum Gasteiger partial charge on any atom is -1.00 e. The molecule has 4 heteroatoms. The summed E-state index contributed by atoms with van der Waals surface area (Å²) in [5.41, 5.74) is 0.970. The Morgan fingerprint density at radius 3 is 2.77 bits per heavy atom. The third kappa shape index (κ3) is 1.83. The van der Waals surface area contributed by atoms with Gasteiger partial charge in [-0.05, 0) is 12.1 Å². The van der Waals surface area contributed by atoms with Crippen molar-refractivity contribution in [3.63, 3.8) is 0 Å². The van der Waals surface area contributed by atoms with Gasteiger partial charge in [-0.15, -0.1) is 0 Å². The van der Waals surface area contributed by atoms with E-state index >= 15 is 0 Å². The Bertz CT molecular complexity index is 438. The molecule has 0 saturated carbocycles. The van der Waals surface area contributed by atoms with Gasteiger partial charge < -0.3 is 24.0 Å². The number of aromatic nitrogens is 1. The maximum Gasteiger partial charge on any atom is 0.234 e. The number of fused-ring (bicyclic) bond motifs is 1. The fourth-order valence-corrected chi connectivity index (χ4v) is 2.23.